The molecule has 0 radical (unpaired) electrons. The molecule has 0 saturated heterocycles. The minimum Gasteiger partial charge on any atom is -0.347 e. The number of nitrogens with zero attached hydrogens (tertiary/aromatic N) is 1. The summed E-state index contributed by atoms with van der Waals surface area (Å²) in [7, 11) is 0. The molecule has 0 spiro atoms. The van der Waals surface area contributed by atoms with Gasteiger partial charge in [-0.3, -0.25) is 0 Å². The van der Waals surface area contributed by atoms with Crippen molar-refractivity contribution in [2.45, 2.75) is 32.7 Å². The second-order valence-corrected chi connectivity index (χ2v) is 4.09. The second-order valence-electron chi connectivity index (χ2n) is 4.09. The van der Waals surface area contributed by atoms with Gasteiger partial charge in [0.2, 0.25) is 0 Å². The van der Waals surface area contributed by atoms with Gasteiger partial charge in [-0.2, -0.15) is 0 Å². The van der Waals surface area contributed by atoms with Crippen molar-refractivity contribution in [1.82, 2.24) is 4.57 Å². The Labute approximate surface area is 95.9 Å². The second kappa shape index (κ2) is 4.97. The number of carbonyl (C=O) groups excluding carboxylic acids is 1. The number of fused-ring (bicyclic) bond motifs is 1. The molecule has 2 heteroatoms. The summed E-state index contributed by atoms with van der Waals surface area (Å²) in [5, 5.41) is 1.21. The number of aromatic nitrogens is 1. The van der Waals surface area contributed by atoms with Crippen molar-refractivity contribution < 1.29 is 4.79 Å². The number of hydrogen-bond donors (Lipinski definition) is 0. The van der Waals surface area contributed by atoms with Gasteiger partial charge >= 0.3 is 0 Å². The van der Waals surface area contributed by atoms with Crippen LogP contribution in [-0.4, -0.2) is 10.9 Å². The van der Waals surface area contributed by atoms with Crippen molar-refractivity contribution in [2.24, 2.45) is 0 Å². The fourth-order valence-corrected chi connectivity index (χ4v) is 2.09. The van der Waals surface area contributed by atoms with Crippen LogP contribution in [0.15, 0.2) is 30.5 Å². The number of hydrogen-bond acceptors (Lipinski definition) is 1. The average molecular weight is 215 g/mol. The Bertz CT molecular complexity index is 484. The minimum atomic E-state index is 0.514. The normalized spacial score (nSPS) is 10.8. The van der Waals surface area contributed by atoms with Gasteiger partial charge in [0.25, 0.3) is 0 Å². The quantitative estimate of drug-likeness (QED) is 0.702. The van der Waals surface area contributed by atoms with E-state index in [1.807, 2.05) is 6.07 Å². The van der Waals surface area contributed by atoms with Gasteiger partial charge < -0.3 is 9.36 Å². The first-order valence-electron chi connectivity index (χ1n) is 5.87. The number of aldehydes is 1. The fraction of sp³-hybridized carbons (Fsp3) is 0.357. The molecule has 1 aromatic carbocycles. The fourth-order valence-electron chi connectivity index (χ4n) is 2.09. The summed E-state index contributed by atoms with van der Waals surface area (Å²) in [5.74, 6) is 0. The summed E-state index contributed by atoms with van der Waals surface area (Å²) in [6.45, 7) is 3.23. The van der Waals surface area contributed by atoms with Crippen LogP contribution in [0, 0.1) is 0 Å². The van der Waals surface area contributed by atoms with Gasteiger partial charge in [0.05, 0.1) is 0 Å². The van der Waals surface area contributed by atoms with Gasteiger partial charge in [0.1, 0.15) is 6.29 Å². The molecule has 0 bridgehead atoms. The molecule has 2 nitrogen and oxygen atoms in total. The number of rotatable bonds is 5. The molecular weight excluding hydrogens is 198 g/mol. The lowest BCUT2D eigenvalue weighted by Gasteiger charge is -2.02. The maximum absolute atomic E-state index is 10.6. The van der Waals surface area contributed by atoms with Crippen LogP contribution >= 0.6 is 0 Å². The van der Waals surface area contributed by atoms with E-state index in [0.717, 1.165) is 18.4 Å². The smallest absolute Gasteiger partial charge is 0.124 e. The SMILES string of the molecule is CCCCn1cc(CC=O)c2ccccc21. The van der Waals surface area contributed by atoms with Crippen molar-refractivity contribution in [2.75, 3.05) is 0 Å². The van der Waals surface area contributed by atoms with Gasteiger partial charge in [-0.05, 0) is 18.1 Å². The number of para-hydroxylation sites is 1. The Morgan fingerprint density at radius 2 is 2.12 bits per heavy atom. The van der Waals surface area contributed by atoms with Gasteiger partial charge in [-0.15, -0.1) is 0 Å². The molecular formula is C14H17NO. The molecule has 0 aliphatic rings. The van der Waals surface area contributed by atoms with Crippen LogP contribution in [0.4, 0.5) is 0 Å². The number of aryl methyl sites for hydroxylation is 1. The van der Waals surface area contributed by atoms with Crippen LogP contribution in [0.25, 0.3) is 10.9 Å². The van der Waals surface area contributed by atoms with Crippen molar-refractivity contribution in [3.8, 4) is 0 Å². The third-order valence-electron chi connectivity index (χ3n) is 2.93. The number of carbonyl (C=O) groups is 1. The molecule has 0 aliphatic carbocycles. The summed E-state index contributed by atoms with van der Waals surface area (Å²) in [4.78, 5) is 10.6. The van der Waals surface area contributed by atoms with Crippen LogP contribution in [0.2, 0.25) is 0 Å². The molecule has 0 fully saturated rings. The average Bonchev–Trinajstić information content (AvgIpc) is 2.66. The molecule has 2 rings (SSSR count). The number of benzene rings is 1. The lowest BCUT2D eigenvalue weighted by Crippen LogP contribution is -1.94. The molecule has 1 aromatic heterocycles. The molecule has 0 atom stereocenters. The van der Waals surface area contributed by atoms with Crippen LogP contribution in [0.3, 0.4) is 0 Å². The summed E-state index contributed by atoms with van der Waals surface area (Å²) in [5.41, 5.74) is 2.38. The molecule has 0 amide bonds. The predicted octanol–water partition coefficient (Wildman–Crippen LogP) is 3.18. The summed E-state index contributed by atoms with van der Waals surface area (Å²) in [6, 6.07) is 8.30. The topological polar surface area (TPSA) is 22.0 Å². The molecule has 0 N–H and O–H groups in total. The van der Waals surface area contributed by atoms with E-state index in [4.69, 9.17) is 0 Å². The predicted molar refractivity (Wildman–Crippen MR) is 66.6 cm³/mol. The highest BCUT2D eigenvalue weighted by Crippen LogP contribution is 2.21. The van der Waals surface area contributed by atoms with Crippen LogP contribution in [0.5, 0.6) is 0 Å². The van der Waals surface area contributed by atoms with E-state index in [1.165, 1.54) is 23.7 Å². The first-order valence-corrected chi connectivity index (χ1v) is 5.87. The largest absolute Gasteiger partial charge is 0.347 e. The molecule has 0 aliphatic heterocycles. The molecule has 0 unspecified atom stereocenters. The molecule has 0 saturated carbocycles. The zero-order chi connectivity index (χ0) is 11.4. The van der Waals surface area contributed by atoms with E-state index in [2.05, 4.69) is 35.9 Å². The maximum Gasteiger partial charge on any atom is 0.124 e. The molecule has 2 aromatic rings. The van der Waals surface area contributed by atoms with Gasteiger partial charge in [0.15, 0.2) is 0 Å². The first kappa shape index (κ1) is 10.9. The standard InChI is InChI=1S/C14H17NO/c1-2-3-9-15-11-12(8-10-16)13-6-4-5-7-14(13)15/h4-7,10-11H,2-3,8-9H2,1H3. The third-order valence-corrected chi connectivity index (χ3v) is 2.93. The van der Waals surface area contributed by atoms with Crippen molar-refractivity contribution in [3.63, 3.8) is 0 Å². The zero-order valence-corrected chi connectivity index (χ0v) is 9.65. The van der Waals surface area contributed by atoms with E-state index in [0.29, 0.717) is 6.42 Å². The van der Waals surface area contributed by atoms with Gasteiger partial charge in [0, 0.05) is 30.1 Å². The zero-order valence-electron chi connectivity index (χ0n) is 9.65. The Morgan fingerprint density at radius 1 is 1.31 bits per heavy atom. The van der Waals surface area contributed by atoms with Gasteiger partial charge in [-0.1, -0.05) is 31.5 Å². The van der Waals surface area contributed by atoms with E-state index >= 15 is 0 Å². The highest BCUT2D eigenvalue weighted by molar-refractivity contribution is 5.85. The van der Waals surface area contributed by atoms with E-state index in [1.54, 1.807) is 0 Å². The van der Waals surface area contributed by atoms with Crippen LogP contribution in [-0.2, 0) is 17.8 Å². The monoisotopic (exact) mass is 215 g/mol. The maximum atomic E-state index is 10.6. The highest BCUT2D eigenvalue weighted by Gasteiger charge is 2.06. The lowest BCUT2D eigenvalue weighted by molar-refractivity contribution is -0.107. The Hall–Kier alpha value is -1.57. The molecule has 84 valence electrons. The Kier molecular flexibility index (Phi) is 3.40. The summed E-state index contributed by atoms with van der Waals surface area (Å²) >= 11 is 0. The van der Waals surface area contributed by atoms with Crippen molar-refractivity contribution in [3.05, 3.63) is 36.0 Å². The van der Waals surface area contributed by atoms with E-state index in [9.17, 15) is 4.79 Å². The first-order chi connectivity index (χ1) is 7.86. The molecule has 1 heterocycles. The Balaban J connectivity index is 2.44. The summed E-state index contributed by atoms with van der Waals surface area (Å²) < 4.78 is 2.26. The Morgan fingerprint density at radius 3 is 2.88 bits per heavy atom. The van der Waals surface area contributed by atoms with E-state index in [-0.39, 0.29) is 0 Å². The molecule has 16 heavy (non-hydrogen) atoms. The highest BCUT2D eigenvalue weighted by atomic mass is 16.1. The van der Waals surface area contributed by atoms with Crippen LogP contribution in [0.1, 0.15) is 25.3 Å². The summed E-state index contributed by atoms with van der Waals surface area (Å²) in [6.07, 6.45) is 5.98. The lowest BCUT2D eigenvalue weighted by atomic mass is 10.1. The van der Waals surface area contributed by atoms with Crippen LogP contribution < -0.4 is 0 Å². The van der Waals surface area contributed by atoms with Crippen molar-refractivity contribution >= 4 is 17.2 Å². The van der Waals surface area contributed by atoms with Gasteiger partial charge in [-0.25, -0.2) is 0 Å². The van der Waals surface area contributed by atoms with Crippen molar-refractivity contribution in [1.29, 1.82) is 0 Å². The van der Waals surface area contributed by atoms with E-state index < -0.39 is 0 Å². The third kappa shape index (κ3) is 2.01. The minimum absolute atomic E-state index is 0.514. The number of unbranched alkanes of at least 4 members (excludes halogenated alkanes) is 1.